The fourth-order valence-electron chi connectivity index (χ4n) is 3.06. The van der Waals surface area contributed by atoms with Crippen LogP contribution in [0.15, 0.2) is 28.8 Å². The second kappa shape index (κ2) is 7.18. The topological polar surface area (TPSA) is 122 Å². The van der Waals surface area contributed by atoms with Gasteiger partial charge in [0.25, 0.3) is 0 Å². The summed E-state index contributed by atoms with van der Waals surface area (Å²) in [5.74, 6) is -1.23. The Kier molecular flexibility index (Phi) is 5.12. The first-order chi connectivity index (χ1) is 12.4. The fourth-order valence-corrected chi connectivity index (χ4v) is 4.58. The highest BCUT2D eigenvalue weighted by Gasteiger charge is 2.57. The Hall–Kier alpha value is -2.23. The molecule has 26 heavy (non-hydrogen) atoms. The van der Waals surface area contributed by atoms with Crippen molar-refractivity contribution in [3.05, 3.63) is 34.4 Å². The molecule has 1 saturated heterocycles. The summed E-state index contributed by atoms with van der Waals surface area (Å²) >= 11 is 1.24. The summed E-state index contributed by atoms with van der Waals surface area (Å²) < 4.78 is 11.0. The number of ether oxygens (including phenoxy) is 2. The van der Waals surface area contributed by atoms with E-state index in [2.05, 4.69) is 0 Å². The molecule has 2 heterocycles. The number of amides is 1. The molecule has 1 aromatic carbocycles. The predicted molar refractivity (Wildman–Crippen MR) is 94.4 cm³/mol. The molecular formula is C17H20N2O6S. The molecule has 9 heteroatoms. The molecular weight excluding hydrogens is 360 g/mol. The molecule has 3 atom stereocenters. The molecule has 2 aliphatic rings. The molecule has 3 rings (SSSR count). The molecule has 0 aliphatic carbocycles. The maximum absolute atomic E-state index is 12.2. The highest BCUT2D eigenvalue weighted by molar-refractivity contribution is 8.04. The Morgan fingerprint density at radius 2 is 2.15 bits per heavy atom. The second-order valence-corrected chi connectivity index (χ2v) is 7.25. The molecule has 1 aromatic rings. The molecule has 8 nitrogen and oxygen atoms in total. The number of aliphatic carboxylic acids is 1. The molecule has 1 amide bonds. The van der Waals surface area contributed by atoms with Crippen LogP contribution in [0.1, 0.15) is 12.5 Å². The molecule has 0 aromatic heterocycles. The van der Waals surface area contributed by atoms with Gasteiger partial charge in [0, 0.05) is 6.54 Å². The van der Waals surface area contributed by atoms with Crippen molar-refractivity contribution >= 4 is 23.6 Å². The average molecular weight is 380 g/mol. The summed E-state index contributed by atoms with van der Waals surface area (Å²) in [5.41, 5.74) is 6.40. The van der Waals surface area contributed by atoms with Crippen LogP contribution in [0.25, 0.3) is 0 Å². The number of rotatable bonds is 7. The van der Waals surface area contributed by atoms with Gasteiger partial charge in [-0.1, -0.05) is 17.8 Å². The van der Waals surface area contributed by atoms with Crippen molar-refractivity contribution in [2.75, 3.05) is 13.7 Å². The van der Waals surface area contributed by atoms with Gasteiger partial charge >= 0.3 is 5.97 Å². The minimum absolute atomic E-state index is 0.0164. The van der Waals surface area contributed by atoms with E-state index < -0.39 is 23.4 Å². The first-order valence-electron chi connectivity index (χ1n) is 8.03. The minimum Gasteiger partial charge on any atom is -0.493 e. The highest BCUT2D eigenvalue weighted by Crippen LogP contribution is 2.50. The third-order valence-electron chi connectivity index (χ3n) is 4.40. The van der Waals surface area contributed by atoms with Crippen molar-refractivity contribution in [2.24, 2.45) is 11.7 Å². The van der Waals surface area contributed by atoms with E-state index in [1.54, 1.807) is 18.2 Å². The number of aliphatic hydroxyl groups is 1. The van der Waals surface area contributed by atoms with Crippen LogP contribution < -0.4 is 15.2 Å². The smallest absolute Gasteiger partial charge is 0.353 e. The molecule has 4 N–H and O–H groups in total. The molecule has 0 saturated carbocycles. The van der Waals surface area contributed by atoms with E-state index in [9.17, 15) is 19.8 Å². The average Bonchev–Trinajstić information content (AvgIpc) is 2.93. The first kappa shape index (κ1) is 18.6. The third-order valence-corrected chi connectivity index (χ3v) is 5.74. The Balaban J connectivity index is 1.80. The van der Waals surface area contributed by atoms with E-state index in [1.807, 2.05) is 0 Å². The van der Waals surface area contributed by atoms with Crippen LogP contribution >= 0.6 is 11.8 Å². The van der Waals surface area contributed by atoms with Gasteiger partial charge in [0.2, 0.25) is 5.91 Å². The summed E-state index contributed by atoms with van der Waals surface area (Å²) in [7, 11) is 1.51. The number of carbonyl (C=O) groups excluding carboxylic acids is 1. The SMILES string of the molecule is COc1cc(CN)ccc1OCC1=C(C(=O)O)N2C(=O)[C@H]([C@@H](C)O)[C@H]2S1. The van der Waals surface area contributed by atoms with Gasteiger partial charge in [0.05, 0.1) is 24.0 Å². The predicted octanol–water partition coefficient (Wildman–Crippen LogP) is 0.741. The molecule has 0 radical (unpaired) electrons. The highest BCUT2D eigenvalue weighted by atomic mass is 32.2. The van der Waals surface area contributed by atoms with E-state index >= 15 is 0 Å². The number of nitrogens with zero attached hydrogens (tertiary/aromatic N) is 1. The van der Waals surface area contributed by atoms with E-state index in [0.29, 0.717) is 22.9 Å². The number of hydrogen-bond acceptors (Lipinski definition) is 7. The maximum Gasteiger partial charge on any atom is 0.353 e. The Labute approximate surface area is 154 Å². The number of β-lactam (4-membered cyclic amide) rings is 1. The molecule has 0 bridgehead atoms. The number of carbonyl (C=O) groups is 2. The van der Waals surface area contributed by atoms with Crippen LogP contribution in [-0.4, -0.2) is 52.2 Å². The Morgan fingerprint density at radius 1 is 1.42 bits per heavy atom. The van der Waals surface area contributed by atoms with Gasteiger partial charge in [0.15, 0.2) is 11.5 Å². The Bertz CT molecular complexity index is 779. The minimum atomic E-state index is -1.19. The zero-order valence-corrected chi connectivity index (χ0v) is 15.2. The van der Waals surface area contributed by atoms with Gasteiger partial charge in [-0.05, 0) is 24.6 Å². The summed E-state index contributed by atoms with van der Waals surface area (Å²) in [4.78, 5) is 25.4. The van der Waals surface area contributed by atoms with Crippen molar-refractivity contribution in [2.45, 2.75) is 24.9 Å². The van der Waals surface area contributed by atoms with Gasteiger partial charge in [-0.3, -0.25) is 9.69 Å². The lowest BCUT2D eigenvalue weighted by Crippen LogP contribution is -2.60. The zero-order chi connectivity index (χ0) is 19.0. The largest absolute Gasteiger partial charge is 0.493 e. The number of fused-ring (bicyclic) bond motifs is 1. The van der Waals surface area contributed by atoms with Crippen molar-refractivity contribution in [3.8, 4) is 11.5 Å². The molecule has 0 spiro atoms. The van der Waals surface area contributed by atoms with Gasteiger partial charge in [0.1, 0.15) is 17.7 Å². The summed E-state index contributed by atoms with van der Waals surface area (Å²) in [6, 6.07) is 5.26. The van der Waals surface area contributed by atoms with Gasteiger partial charge < -0.3 is 25.4 Å². The van der Waals surface area contributed by atoms with Crippen molar-refractivity contribution < 1.29 is 29.3 Å². The maximum atomic E-state index is 12.2. The lowest BCUT2D eigenvalue weighted by molar-refractivity contribution is -0.156. The normalized spacial score (nSPS) is 22.8. The number of methoxy groups -OCH3 is 1. The zero-order valence-electron chi connectivity index (χ0n) is 14.3. The van der Waals surface area contributed by atoms with Gasteiger partial charge in [-0.25, -0.2) is 4.79 Å². The lowest BCUT2D eigenvalue weighted by Gasteiger charge is -2.43. The van der Waals surface area contributed by atoms with Crippen LogP contribution in [0, 0.1) is 5.92 Å². The van der Waals surface area contributed by atoms with Crippen molar-refractivity contribution in [1.29, 1.82) is 0 Å². The second-order valence-electron chi connectivity index (χ2n) is 6.04. The number of nitrogens with two attached hydrogens (primary N) is 1. The number of aliphatic hydroxyl groups excluding tert-OH is 1. The van der Waals surface area contributed by atoms with E-state index in [1.165, 1.54) is 30.7 Å². The van der Waals surface area contributed by atoms with Crippen LogP contribution in [-0.2, 0) is 16.1 Å². The number of benzene rings is 1. The van der Waals surface area contributed by atoms with Crippen LogP contribution in [0.3, 0.4) is 0 Å². The van der Waals surface area contributed by atoms with Crippen LogP contribution in [0.2, 0.25) is 0 Å². The number of hydrogen-bond donors (Lipinski definition) is 3. The number of carboxylic acids is 1. The number of thioether (sulfide) groups is 1. The van der Waals surface area contributed by atoms with Crippen LogP contribution in [0.4, 0.5) is 0 Å². The fraction of sp³-hybridized carbons (Fsp3) is 0.412. The van der Waals surface area contributed by atoms with E-state index in [0.717, 1.165) is 5.56 Å². The van der Waals surface area contributed by atoms with E-state index in [-0.39, 0.29) is 18.2 Å². The van der Waals surface area contributed by atoms with Crippen molar-refractivity contribution in [3.63, 3.8) is 0 Å². The van der Waals surface area contributed by atoms with Gasteiger partial charge in [-0.15, -0.1) is 0 Å². The summed E-state index contributed by atoms with van der Waals surface area (Å²) in [6.45, 7) is 1.87. The molecule has 1 fully saturated rings. The molecule has 2 aliphatic heterocycles. The standard InChI is InChI=1S/C17H20N2O6S/c1-8(20)13-15(21)19-14(17(22)23)12(26-16(13)19)7-25-10-4-3-9(6-18)5-11(10)24-2/h3-5,8,13,16,20H,6-7,18H2,1-2H3,(H,22,23)/t8-,13+,16-/m1/s1. The van der Waals surface area contributed by atoms with Crippen LogP contribution in [0.5, 0.6) is 11.5 Å². The van der Waals surface area contributed by atoms with Gasteiger partial charge in [-0.2, -0.15) is 0 Å². The molecule has 0 unspecified atom stereocenters. The summed E-state index contributed by atoms with van der Waals surface area (Å²) in [6.07, 6.45) is -0.838. The first-order valence-corrected chi connectivity index (χ1v) is 8.91. The molecule has 140 valence electrons. The van der Waals surface area contributed by atoms with E-state index in [4.69, 9.17) is 15.2 Å². The summed E-state index contributed by atoms with van der Waals surface area (Å²) in [5, 5.41) is 18.8. The van der Waals surface area contributed by atoms with Crippen molar-refractivity contribution in [1.82, 2.24) is 4.90 Å². The number of carboxylic acid groups (broad SMARTS) is 1. The lowest BCUT2D eigenvalue weighted by atomic mass is 9.92. The third kappa shape index (κ3) is 3.02. The quantitative estimate of drug-likeness (QED) is 0.592. The Morgan fingerprint density at radius 3 is 2.73 bits per heavy atom. The monoisotopic (exact) mass is 380 g/mol.